The Morgan fingerprint density at radius 1 is 1.12 bits per heavy atom. The van der Waals surface area contributed by atoms with Gasteiger partial charge in [0, 0.05) is 35.6 Å². The number of carbonyl (C=O) groups is 1. The van der Waals surface area contributed by atoms with Crippen LogP contribution in [0.1, 0.15) is 55.6 Å². The highest BCUT2D eigenvalue weighted by atomic mass is 19.1. The second-order valence-corrected chi connectivity index (χ2v) is 9.64. The van der Waals surface area contributed by atoms with Crippen LogP contribution in [0.4, 0.5) is 4.39 Å². The fourth-order valence-electron chi connectivity index (χ4n) is 6.21. The molecule has 1 saturated heterocycles. The van der Waals surface area contributed by atoms with Crippen molar-refractivity contribution in [2.45, 2.75) is 56.7 Å². The maximum absolute atomic E-state index is 14.8. The number of piperidine rings is 1. The summed E-state index contributed by atoms with van der Waals surface area (Å²) in [6, 6.07) is 15.2. The number of rotatable bonds is 6. The summed E-state index contributed by atoms with van der Waals surface area (Å²) >= 11 is 0. The van der Waals surface area contributed by atoms with Crippen LogP contribution in [0.3, 0.4) is 0 Å². The maximum atomic E-state index is 14.8. The fraction of sp³-hybridized carbons (Fsp3) is 0.444. The number of carboxylic acid groups (broad SMARTS) is 1. The summed E-state index contributed by atoms with van der Waals surface area (Å²) in [7, 11) is 0. The van der Waals surface area contributed by atoms with E-state index >= 15 is 0 Å². The molecule has 6 heteroatoms. The van der Waals surface area contributed by atoms with Gasteiger partial charge in [0.2, 0.25) is 0 Å². The molecule has 1 aromatic heterocycles. The monoisotopic (exact) mass is 450 g/mol. The summed E-state index contributed by atoms with van der Waals surface area (Å²) in [6.07, 6.45) is 5.79. The molecule has 2 heterocycles. The maximum Gasteiger partial charge on any atom is 0.306 e. The molecular weight excluding hydrogens is 419 g/mol. The van der Waals surface area contributed by atoms with E-state index in [0.29, 0.717) is 30.6 Å². The zero-order valence-corrected chi connectivity index (χ0v) is 18.7. The number of hydrogen-bond donors (Lipinski definition) is 3. The molecule has 3 aromatic rings. The number of aromatic nitrogens is 1. The zero-order chi connectivity index (χ0) is 22.9. The van der Waals surface area contributed by atoms with Gasteiger partial charge in [0.25, 0.3) is 0 Å². The predicted octanol–water partition coefficient (Wildman–Crippen LogP) is 5.11. The summed E-state index contributed by atoms with van der Waals surface area (Å²) in [5.41, 5.74) is 2.66. The number of aliphatic hydroxyl groups is 1. The molecule has 0 spiro atoms. The van der Waals surface area contributed by atoms with Gasteiger partial charge in [-0.1, -0.05) is 36.4 Å². The molecule has 174 valence electrons. The van der Waals surface area contributed by atoms with Crippen molar-refractivity contribution in [3.63, 3.8) is 0 Å². The summed E-state index contributed by atoms with van der Waals surface area (Å²) in [6.45, 7) is 0.809. The molecule has 33 heavy (non-hydrogen) atoms. The van der Waals surface area contributed by atoms with E-state index in [1.54, 1.807) is 6.07 Å². The molecule has 5 atom stereocenters. The van der Waals surface area contributed by atoms with Crippen molar-refractivity contribution in [1.82, 2.24) is 9.88 Å². The van der Waals surface area contributed by atoms with Gasteiger partial charge >= 0.3 is 5.97 Å². The van der Waals surface area contributed by atoms with Crippen LogP contribution in [0.25, 0.3) is 10.9 Å². The minimum atomic E-state index is -0.698. The van der Waals surface area contributed by atoms with Crippen molar-refractivity contribution in [3.05, 3.63) is 71.7 Å². The highest BCUT2D eigenvalue weighted by Crippen LogP contribution is 2.41. The highest BCUT2D eigenvalue weighted by Gasteiger charge is 2.41. The van der Waals surface area contributed by atoms with E-state index in [2.05, 4.69) is 9.88 Å². The molecule has 0 radical (unpaired) electrons. The van der Waals surface area contributed by atoms with E-state index < -0.39 is 12.2 Å². The Balaban J connectivity index is 1.43. The molecular formula is C27H31FN2O3. The van der Waals surface area contributed by atoms with Gasteiger partial charge in [0.05, 0.1) is 5.92 Å². The Bertz CT molecular complexity index is 1120. The second kappa shape index (κ2) is 9.27. The molecule has 2 aliphatic rings. The number of halogens is 1. The van der Waals surface area contributed by atoms with Crippen LogP contribution in [0, 0.1) is 17.7 Å². The molecule has 5 unspecified atom stereocenters. The Labute approximate surface area is 193 Å². The third kappa shape index (κ3) is 4.30. The third-order valence-corrected chi connectivity index (χ3v) is 7.80. The molecule has 0 bridgehead atoms. The Kier molecular flexibility index (Phi) is 6.21. The molecule has 1 aliphatic carbocycles. The third-order valence-electron chi connectivity index (χ3n) is 7.80. The van der Waals surface area contributed by atoms with Gasteiger partial charge in [-0.3, -0.25) is 9.69 Å². The van der Waals surface area contributed by atoms with E-state index in [1.165, 1.54) is 6.07 Å². The van der Waals surface area contributed by atoms with Gasteiger partial charge in [-0.05, 0) is 67.7 Å². The number of fused-ring (bicyclic) bond motifs is 2. The summed E-state index contributed by atoms with van der Waals surface area (Å²) in [5.74, 6) is -1.08. The molecule has 1 aliphatic heterocycles. The second-order valence-electron chi connectivity index (χ2n) is 9.64. The first-order valence-corrected chi connectivity index (χ1v) is 12.0. The lowest BCUT2D eigenvalue weighted by Crippen LogP contribution is -2.53. The molecule has 2 aromatic carbocycles. The van der Waals surface area contributed by atoms with Crippen molar-refractivity contribution >= 4 is 16.9 Å². The van der Waals surface area contributed by atoms with E-state index in [9.17, 15) is 19.4 Å². The van der Waals surface area contributed by atoms with E-state index in [4.69, 9.17) is 0 Å². The number of likely N-dealkylation sites (tertiary alicyclic amines) is 1. The van der Waals surface area contributed by atoms with Gasteiger partial charge in [-0.2, -0.15) is 0 Å². The van der Waals surface area contributed by atoms with Crippen molar-refractivity contribution < 1.29 is 19.4 Å². The summed E-state index contributed by atoms with van der Waals surface area (Å²) < 4.78 is 14.8. The van der Waals surface area contributed by atoms with Crippen LogP contribution in [0.2, 0.25) is 0 Å². The number of aliphatic carboxylic acids is 1. The lowest BCUT2D eigenvalue weighted by Gasteiger charge is -2.47. The van der Waals surface area contributed by atoms with Gasteiger partial charge < -0.3 is 15.2 Å². The normalized spacial score (nSPS) is 25.5. The minimum absolute atomic E-state index is 0.164. The minimum Gasteiger partial charge on any atom is -0.481 e. The number of nitrogens with zero attached hydrogens (tertiary/aromatic N) is 1. The number of nitrogens with one attached hydrogen (secondary N) is 1. The lowest BCUT2D eigenvalue weighted by atomic mass is 9.73. The number of benzene rings is 2. The average Bonchev–Trinajstić information content (AvgIpc) is 3.27. The summed E-state index contributed by atoms with van der Waals surface area (Å²) in [4.78, 5) is 16.9. The molecule has 5 nitrogen and oxygen atoms in total. The first-order chi connectivity index (χ1) is 16.0. The molecule has 3 N–H and O–H groups in total. The van der Waals surface area contributed by atoms with E-state index in [0.717, 1.165) is 42.5 Å². The van der Waals surface area contributed by atoms with Crippen LogP contribution < -0.4 is 0 Å². The van der Waals surface area contributed by atoms with Crippen LogP contribution >= 0.6 is 0 Å². The SMILES string of the molecule is O=C(O)C1CCC2C(CCCN2C(O)CC(c2ccccc2)c2c[nH]c3cccc(F)c23)C1. The van der Waals surface area contributed by atoms with Gasteiger partial charge in [0.1, 0.15) is 12.0 Å². The fourth-order valence-corrected chi connectivity index (χ4v) is 6.21. The van der Waals surface area contributed by atoms with Crippen molar-refractivity contribution in [2.75, 3.05) is 6.54 Å². The predicted molar refractivity (Wildman–Crippen MR) is 125 cm³/mol. The molecule has 5 rings (SSSR count). The Hall–Kier alpha value is -2.70. The van der Waals surface area contributed by atoms with Crippen LogP contribution in [0.15, 0.2) is 54.7 Å². The molecule has 1 saturated carbocycles. The quantitative estimate of drug-likeness (QED) is 0.488. The number of aliphatic hydroxyl groups excluding tert-OH is 1. The van der Waals surface area contributed by atoms with Crippen molar-refractivity contribution in [1.29, 1.82) is 0 Å². The number of carboxylic acids is 1. The van der Waals surface area contributed by atoms with Gasteiger partial charge in [0.15, 0.2) is 0 Å². The number of aromatic amines is 1. The standard InChI is InChI=1S/C27H31FN2O3/c28-22-9-4-10-23-26(22)21(16-29-23)20(17-6-2-1-3-7-17)15-25(31)30-13-5-8-18-14-19(27(32)33)11-12-24(18)30/h1-4,6-7,9-10,16,18-20,24-25,29,31H,5,8,11-15H2,(H,32,33). The zero-order valence-electron chi connectivity index (χ0n) is 18.7. The van der Waals surface area contributed by atoms with Crippen LogP contribution in [-0.4, -0.2) is 44.9 Å². The van der Waals surface area contributed by atoms with E-state index in [1.807, 2.05) is 42.6 Å². The van der Waals surface area contributed by atoms with Gasteiger partial charge in [-0.25, -0.2) is 4.39 Å². The lowest BCUT2D eigenvalue weighted by molar-refractivity contribution is -0.146. The Morgan fingerprint density at radius 2 is 1.94 bits per heavy atom. The van der Waals surface area contributed by atoms with Crippen molar-refractivity contribution in [3.8, 4) is 0 Å². The molecule has 2 fully saturated rings. The van der Waals surface area contributed by atoms with Crippen LogP contribution in [0.5, 0.6) is 0 Å². The largest absolute Gasteiger partial charge is 0.481 e. The average molecular weight is 451 g/mol. The number of H-pyrrole nitrogens is 1. The smallest absolute Gasteiger partial charge is 0.306 e. The Morgan fingerprint density at radius 3 is 2.73 bits per heavy atom. The van der Waals surface area contributed by atoms with Crippen LogP contribution in [-0.2, 0) is 4.79 Å². The van der Waals surface area contributed by atoms with E-state index in [-0.39, 0.29) is 23.7 Å². The highest BCUT2D eigenvalue weighted by molar-refractivity contribution is 5.84. The molecule has 0 amide bonds. The van der Waals surface area contributed by atoms with Gasteiger partial charge in [-0.15, -0.1) is 0 Å². The van der Waals surface area contributed by atoms with Crippen molar-refractivity contribution in [2.24, 2.45) is 11.8 Å². The summed E-state index contributed by atoms with van der Waals surface area (Å²) in [5, 5.41) is 21.5. The first-order valence-electron chi connectivity index (χ1n) is 12.0. The topological polar surface area (TPSA) is 76.6 Å². The number of hydrogen-bond acceptors (Lipinski definition) is 3. The first kappa shape index (κ1) is 22.1.